The van der Waals surface area contributed by atoms with E-state index in [9.17, 15) is 0 Å². The molecule has 0 saturated heterocycles. The maximum Gasteiger partial charge on any atom is 0.224 e. The molecule has 0 amide bonds. The summed E-state index contributed by atoms with van der Waals surface area (Å²) >= 11 is 6.07. The van der Waals surface area contributed by atoms with Crippen molar-refractivity contribution in [1.29, 1.82) is 0 Å². The Morgan fingerprint density at radius 3 is 2.33 bits per heavy atom. The third-order valence-corrected chi connectivity index (χ3v) is 3.64. The molecule has 21 heavy (non-hydrogen) atoms. The van der Waals surface area contributed by atoms with Crippen LogP contribution in [0.3, 0.4) is 0 Å². The van der Waals surface area contributed by atoms with E-state index in [0.717, 1.165) is 22.4 Å². The summed E-state index contributed by atoms with van der Waals surface area (Å²) in [7, 11) is 2.00. The first kappa shape index (κ1) is 13.8. The van der Waals surface area contributed by atoms with E-state index in [-0.39, 0.29) is 5.28 Å². The summed E-state index contributed by atoms with van der Waals surface area (Å²) in [5, 5.41) is 1.25. The predicted octanol–water partition coefficient (Wildman–Crippen LogP) is 4.67. The van der Waals surface area contributed by atoms with Crippen molar-refractivity contribution < 1.29 is 0 Å². The number of fused-ring (bicyclic) bond motifs is 1. The Labute approximate surface area is 129 Å². The number of para-hydroxylation sites is 1. The first-order valence-electron chi connectivity index (χ1n) is 6.79. The van der Waals surface area contributed by atoms with Crippen LogP contribution < -0.4 is 4.90 Å². The summed E-state index contributed by atoms with van der Waals surface area (Å²) in [6.07, 6.45) is 0. The molecule has 0 aliphatic heterocycles. The minimum Gasteiger partial charge on any atom is -0.329 e. The zero-order chi connectivity index (χ0) is 15.0. The highest BCUT2D eigenvalue weighted by atomic mass is 35.5. The number of halogens is 1. The van der Waals surface area contributed by atoms with Crippen molar-refractivity contribution in [3.63, 3.8) is 0 Å². The molecule has 0 atom stereocenters. The number of hydrogen-bond donors (Lipinski definition) is 0. The van der Waals surface area contributed by atoms with Gasteiger partial charge in [0, 0.05) is 18.1 Å². The summed E-state index contributed by atoms with van der Waals surface area (Å²) in [6.45, 7) is 4.19. The number of aromatic nitrogens is 2. The van der Waals surface area contributed by atoms with Gasteiger partial charge in [0.15, 0.2) is 0 Å². The standard InChI is InChI=1S/C17H16ClN3/c1-11-8-12(2)10-13(9-11)21(3)16-14-6-4-5-7-15(14)19-17(18)20-16/h4-10H,1-3H3. The van der Waals surface area contributed by atoms with Gasteiger partial charge in [-0.1, -0.05) is 18.2 Å². The maximum atomic E-state index is 6.07. The largest absolute Gasteiger partial charge is 0.329 e. The second-order valence-electron chi connectivity index (χ2n) is 5.24. The molecule has 0 radical (unpaired) electrons. The molecule has 0 bridgehead atoms. The molecule has 0 aliphatic carbocycles. The molecule has 0 spiro atoms. The Hall–Kier alpha value is -2.13. The second-order valence-corrected chi connectivity index (χ2v) is 5.58. The Kier molecular flexibility index (Phi) is 3.52. The monoisotopic (exact) mass is 297 g/mol. The minimum absolute atomic E-state index is 0.264. The van der Waals surface area contributed by atoms with Gasteiger partial charge in [-0.15, -0.1) is 0 Å². The number of nitrogens with zero attached hydrogens (tertiary/aromatic N) is 3. The molecule has 0 unspecified atom stereocenters. The van der Waals surface area contributed by atoms with Crippen LogP contribution in [0.1, 0.15) is 11.1 Å². The first-order chi connectivity index (χ1) is 10.0. The predicted molar refractivity (Wildman–Crippen MR) is 88.5 cm³/mol. The van der Waals surface area contributed by atoms with Gasteiger partial charge < -0.3 is 4.90 Å². The quantitative estimate of drug-likeness (QED) is 0.644. The van der Waals surface area contributed by atoms with Gasteiger partial charge in [0.2, 0.25) is 5.28 Å². The summed E-state index contributed by atoms with van der Waals surface area (Å²) < 4.78 is 0. The van der Waals surface area contributed by atoms with E-state index in [1.807, 2.05) is 31.3 Å². The molecule has 3 aromatic rings. The normalized spacial score (nSPS) is 10.9. The lowest BCUT2D eigenvalue weighted by Gasteiger charge is -2.21. The fourth-order valence-corrected chi connectivity index (χ4v) is 2.73. The van der Waals surface area contributed by atoms with Crippen LogP contribution in [0.25, 0.3) is 10.9 Å². The van der Waals surface area contributed by atoms with Crippen LogP contribution in [0, 0.1) is 13.8 Å². The van der Waals surface area contributed by atoms with E-state index in [4.69, 9.17) is 11.6 Å². The average molecular weight is 298 g/mol. The van der Waals surface area contributed by atoms with Gasteiger partial charge in [0.25, 0.3) is 0 Å². The molecule has 2 aromatic carbocycles. The topological polar surface area (TPSA) is 29.0 Å². The highest BCUT2D eigenvalue weighted by Gasteiger charge is 2.12. The summed E-state index contributed by atoms with van der Waals surface area (Å²) in [5.41, 5.74) is 4.39. The fraction of sp³-hybridized carbons (Fsp3) is 0.176. The number of hydrogen-bond acceptors (Lipinski definition) is 3. The van der Waals surface area contributed by atoms with E-state index >= 15 is 0 Å². The van der Waals surface area contributed by atoms with Crippen LogP contribution in [0.2, 0.25) is 5.28 Å². The molecule has 0 aliphatic rings. The highest BCUT2D eigenvalue weighted by molar-refractivity contribution is 6.28. The Morgan fingerprint density at radius 2 is 1.62 bits per heavy atom. The van der Waals surface area contributed by atoms with Gasteiger partial charge in [-0.3, -0.25) is 0 Å². The number of aryl methyl sites for hydroxylation is 2. The van der Waals surface area contributed by atoms with Crippen LogP contribution in [0.4, 0.5) is 11.5 Å². The lowest BCUT2D eigenvalue weighted by molar-refractivity contribution is 1.11. The van der Waals surface area contributed by atoms with Crippen molar-refractivity contribution >= 4 is 34.0 Å². The zero-order valence-electron chi connectivity index (χ0n) is 12.3. The van der Waals surface area contributed by atoms with Crippen molar-refractivity contribution in [3.05, 3.63) is 58.9 Å². The fourth-order valence-electron chi connectivity index (χ4n) is 2.55. The van der Waals surface area contributed by atoms with Crippen LogP contribution in [0.15, 0.2) is 42.5 Å². The first-order valence-corrected chi connectivity index (χ1v) is 7.17. The van der Waals surface area contributed by atoms with Gasteiger partial charge in [-0.05, 0) is 60.8 Å². The summed E-state index contributed by atoms with van der Waals surface area (Å²) in [5.74, 6) is 0.815. The molecule has 0 N–H and O–H groups in total. The van der Waals surface area contributed by atoms with Crippen LogP contribution in [0.5, 0.6) is 0 Å². The summed E-state index contributed by atoms with van der Waals surface area (Å²) in [6, 6.07) is 14.3. The van der Waals surface area contributed by atoms with Gasteiger partial charge in [-0.25, -0.2) is 4.98 Å². The lowest BCUT2D eigenvalue weighted by atomic mass is 10.1. The van der Waals surface area contributed by atoms with Gasteiger partial charge in [0.1, 0.15) is 5.82 Å². The van der Waals surface area contributed by atoms with Crippen molar-refractivity contribution in [2.24, 2.45) is 0 Å². The molecule has 0 fully saturated rings. The third kappa shape index (κ3) is 2.69. The molecule has 106 valence electrons. The zero-order valence-corrected chi connectivity index (χ0v) is 13.0. The van der Waals surface area contributed by atoms with E-state index in [1.165, 1.54) is 11.1 Å². The summed E-state index contributed by atoms with van der Waals surface area (Å²) in [4.78, 5) is 10.7. The number of rotatable bonds is 2. The van der Waals surface area contributed by atoms with Crippen molar-refractivity contribution in [1.82, 2.24) is 9.97 Å². The Morgan fingerprint density at radius 1 is 0.952 bits per heavy atom. The molecule has 3 rings (SSSR count). The molecule has 0 saturated carbocycles. The van der Waals surface area contributed by atoms with Crippen molar-refractivity contribution in [2.75, 3.05) is 11.9 Å². The molecule has 1 aromatic heterocycles. The van der Waals surface area contributed by atoms with E-state index in [1.54, 1.807) is 0 Å². The van der Waals surface area contributed by atoms with Crippen LogP contribution in [-0.4, -0.2) is 17.0 Å². The van der Waals surface area contributed by atoms with E-state index in [0.29, 0.717) is 0 Å². The molecular weight excluding hydrogens is 282 g/mol. The van der Waals surface area contributed by atoms with Crippen LogP contribution in [-0.2, 0) is 0 Å². The van der Waals surface area contributed by atoms with Gasteiger partial charge in [0.05, 0.1) is 5.52 Å². The minimum atomic E-state index is 0.264. The van der Waals surface area contributed by atoms with Gasteiger partial charge in [-0.2, -0.15) is 4.98 Å². The highest BCUT2D eigenvalue weighted by Crippen LogP contribution is 2.30. The smallest absolute Gasteiger partial charge is 0.224 e. The Balaban J connectivity index is 2.19. The van der Waals surface area contributed by atoms with E-state index in [2.05, 4.69) is 46.9 Å². The van der Waals surface area contributed by atoms with E-state index < -0.39 is 0 Å². The number of anilines is 2. The maximum absolute atomic E-state index is 6.07. The van der Waals surface area contributed by atoms with Crippen LogP contribution >= 0.6 is 11.6 Å². The number of benzene rings is 2. The average Bonchev–Trinajstić information content (AvgIpc) is 2.44. The lowest BCUT2D eigenvalue weighted by Crippen LogP contribution is -2.12. The SMILES string of the molecule is Cc1cc(C)cc(N(C)c2nc(Cl)nc3ccccc23)c1. The molecule has 4 heteroatoms. The molecular formula is C17H16ClN3. The molecule has 3 nitrogen and oxygen atoms in total. The Bertz CT molecular complexity index is 794. The molecule has 1 heterocycles. The second kappa shape index (κ2) is 5.34. The third-order valence-electron chi connectivity index (χ3n) is 3.47. The van der Waals surface area contributed by atoms with Crippen molar-refractivity contribution in [3.8, 4) is 0 Å². The van der Waals surface area contributed by atoms with Crippen molar-refractivity contribution in [2.45, 2.75) is 13.8 Å². The van der Waals surface area contributed by atoms with Gasteiger partial charge >= 0.3 is 0 Å².